The number of aliphatic carboxylic acids is 2. The first-order valence-electron chi connectivity index (χ1n) is 10.7. The molecule has 9 heteroatoms. The van der Waals surface area contributed by atoms with E-state index < -0.39 is 18.1 Å². The summed E-state index contributed by atoms with van der Waals surface area (Å²) in [7, 11) is 0. The van der Waals surface area contributed by atoms with E-state index in [1.807, 2.05) is 66.7 Å². The summed E-state index contributed by atoms with van der Waals surface area (Å²) in [6.07, 6.45) is -4.34. The number of benzene rings is 3. The molecule has 0 aromatic heterocycles. The van der Waals surface area contributed by atoms with Gasteiger partial charge in [0.1, 0.15) is 11.5 Å². The molecular weight excluding hydrogens is 463 g/mol. The van der Waals surface area contributed by atoms with Gasteiger partial charge in [-0.05, 0) is 66.8 Å². The Morgan fingerprint density at radius 3 is 2.14 bits per heavy atom. The summed E-state index contributed by atoms with van der Waals surface area (Å²) in [6.45, 7) is 2.74. The van der Waals surface area contributed by atoms with Crippen LogP contribution in [0.25, 0.3) is 0 Å². The van der Waals surface area contributed by atoms with E-state index in [4.69, 9.17) is 19.7 Å². The molecule has 0 radical (unpaired) electrons. The Bertz CT molecular complexity index is 1160. The number of carboxylic acids is 2. The van der Waals surface area contributed by atoms with E-state index in [0.29, 0.717) is 6.54 Å². The zero-order valence-electron chi connectivity index (χ0n) is 18.8. The number of nitrogens with one attached hydrogen (secondary N) is 1. The number of carboxylic acid groups (broad SMARTS) is 2. The summed E-state index contributed by atoms with van der Waals surface area (Å²) in [5, 5.41) is 19.6. The molecule has 0 bridgehead atoms. The molecule has 3 aromatic carbocycles. The van der Waals surface area contributed by atoms with Crippen molar-refractivity contribution in [1.29, 1.82) is 0 Å². The molecule has 0 aliphatic heterocycles. The molecular formula is C26H24F3NO5. The largest absolute Gasteiger partial charge is 0.490 e. The van der Waals surface area contributed by atoms with Gasteiger partial charge in [-0.1, -0.05) is 42.0 Å². The number of aryl methyl sites for hydroxylation is 1. The number of hydrogen-bond donors (Lipinski definition) is 3. The molecule has 1 aliphatic rings. The van der Waals surface area contributed by atoms with Crippen LogP contribution in [0.5, 0.6) is 11.5 Å². The van der Waals surface area contributed by atoms with Gasteiger partial charge in [-0.15, -0.1) is 0 Å². The SMILES string of the molecule is Cc1ccc(Oc2cccc(CNc3ccc(C4CC4C(=O)O)cc3)c2)cc1.O=C(O)C(F)(F)F. The Hall–Kier alpha value is -4.01. The molecule has 3 N–H and O–H groups in total. The van der Waals surface area contributed by atoms with Crippen LogP contribution in [-0.2, 0) is 16.1 Å². The number of halogens is 3. The van der Waals surface area contributed by atoms with Crippen molar-refractivity contribution in [3.05, 3.63) is 89.5 Å². The fraction of sp³-hybridized carbons (Fsp3) is 0.231. The average Bonchev–Trinajstić information content (AvgIpc) is 3.61. The fourth-order valence-electron chi connectivity index (χ4n) is 3.35. The molecule has 4 rings (SSSR count). The Morgan fingerprint density at radius 2 is 1.60 bits per heavy atom. The van der Waals surface area contributed by atoms with Crippen molar-refractivity contribution in [2.75, 3.05) is 5.32 Å². The van der Waals surface area contributed by atoms with Crippen molar-refractivity contribution in [1.82, 2.24) is 0 Å². The van der Waals surface area contributed by atoms with Crippen molar-refractivity contribution < 1.29 is 37.7 Å². The lowest BCUT2D eigenvalue weighted by Crippen LogP contribution is -2.21. The molecule has 1 aliphatic carbocycles. The maximum absolute atomic E-state index is 11.0. The number of hydrogen-bond acceptors (Lipinski definition) is 4. The van der Waals surface area contributed by atoms with Gasteiger partial charge in [0.25, 0.3) is 0 Å². The molecule has 2 unspecified atom stereocenters. The van der Waals surface area contributed by atoms with Gasteiger partial charge in [-0.2, -0.15) is 13.2 Å². The van der Waals surface area contributed by atoms with Gasteiger partial charge in [0.05, 0.1) is 5.92 Å². The summed E-state index contributed by atoms with van der Waals surface area (Å²) < 4.78 is 37.7. The van der Waals surface area contributed by atoms with Gasteiger partial charge in [-0.25, -0.2) is 4.79 Å². The second-order valence-corrected chi connectivity index (χ2v) is 8.13. The van der Waals surface area contributed by atoms with Crippen LogP contribution < -0.4 is 10.1 Å². The van der Waals surface area contributed by atoms with Crippen molar-refractivity contribution in [3.63, 3.8) is 0 Å². The molecule has 184 valence electrons. The fourth-order valence-corrected chi connectivity index (χ4v) is 3.35. The predicted octanol–water partition coefficient (Wildman–Crippen LogP) is 6.22. The monoisotopic (exact) mass is 487 g/mol. The summed E-state index contributed by atoms with van der Waals surface area (Å²) in [6, 6.07) is 24.1. The van der Waals surface area contributed by atoms with Crippen LogP contribution in [0, 0.1) is 12.8 Å². The van der Waals surface area contributed by atoms with Crippen LogP contribution in [0.1, 0.15) is 29.0 Å². The quantitative estimate of drug-likeness (QED) is 0.366. The molecule has 3 aromatic rings. The van der Waals surface area contributed by atoms with Gasteiger partial charge in [-0.3, -0.25) is 4.79 Å². The molecule has 35 heavy (non-hydrogen) atoms. The third-order valence-corrected chi connectivity index (χ3v) is 5.34. The molecule has 1 fully saturated rings. The van der Waals surface area contributed by atoms with Gasteiger partial charge < -0.3 is 20.3 Å². The predicted molar refractivity (Wildman–Crippen MR) is 124 cm³/mol. The first-order valence-corrected chi connectivity index (χ1v) is 10.7. The van der Waals surface area contributed by atoms with Gasteiger partial charge in [0, 0.05) is 12.2 Å². The van der Waals surface area contributed by atoms with Gasteiger partial charge in [0.2, 0.25) is 0 Å². The van der Waals surface area contributed by atoms with Crippen LogP contribution in [0.3, 0.4) is 0 Å². The summed E-state index contributed by atoms with van der Waals surface area (Å²) in [5.41, 5.74) is 4.45. The first kappa shape index (κ1) is 25.6. The van der Waals surface area contributed by atoms with Gasteiger partial charge in [0.15, 0.2) is 0 Å². The maximum Gasteiger partial charge on any atom is 0.490 e. The van der Waals surface area contributed by atoms with E-state index >= 15 is 0 Å². The number of carbonyl (C=O) groups is 2. The smallest absolute Gasteiger partial charge is 0.481 e. The second kappa shape index (κ2) is 10.9. The van der Waals surface area contributed by atoms with Crippen molar-refractivity contribution >= 4 is 17.6 Å². The highest BCUT2D eigenvalue weighted by atomic mass is 19.4. The Labute approximate surface area is 200 Å². The average molecular weight is 487 g/mol. The first-order chi connectivity index (χ1) is 16.5. The topological polar surface area (TPSA) is 95.9 Å². The third-order valence-electron chi connectivity index (χ3n) is 5.34. The summed E-state index contributed by atoms with van der Waals surface area (Å²) in [4.78, 5) is 19.9. The number of anilines is 1. The summed E-state index contributed by atoms with van der Waals surface area (Å²) >= 11 is 0. The highest BCUT2D eigenvalue weighted by molar-refractivity contribution is 5.75. The molecule has 6 nitrogen and oxygen atoms in total. The van der Waals surface area contributed by atoms with E-state index in [0.717, 1.165) is 34.7 Å². The van der Waals surface area contributed by atoms with E-state index in [2.05, 4.69) is 18.3 Å². The highest BCUT2D eigenvalue weighted by Crippen LogP contribution is 2.47. The molecule has 2 atom stereocenters. The zero-order chi connectivity index (χ0) is 25.6. The molecule has 0 heterocycles. The van der Waals surface area contributed by atoms with Crippen molar-refractivity contribution in [2.45, 2.75) is 32.0 Å². The lowest BCUT2D eigenvalue weighted by atomic mass is 10.1. The molecule has 1 saturated carbocycles. The van der Waals surface area contributed by atoms with Gasteiger partial charge >= 0.3 is 18.1 Å². The van der Waals surface area contributed by atoms with Crippen LogP contribution >= 0.6 is 0 Å². The number of alkyl halides is 3. The molecule has 0 saturated heterocycles. The third kappa shape index (κ3) is 7.77. The van der Waals surface area contributed by atoms with E-state index in [1.165, 1.54) is 5.56 Å². The molecule has 0 amide bonds. The van der Waals surface area contributed by atoms with E-state index in [-0.39, 0.29) is 11.8 Å². The lowest BCUT2D eigenvalue weighted by Gasteiger charge is -2.10. The van der Waals surface area contributed by atoms with Crippen LogP contribution in [0.15, 0.2) is 72.8 Å². The Balaban J connectivity index is 0.000000429. The standard InChI is InChI=1S/C24H23NO3.C2HF3O2/c1-16-5-11-20(12-6-16)28-21-4-2-3-17(13-21)15-25-19-9-7-18(8-10-19)22-14-23(22)24(26)27;3-2(4,5)1(6)7/h2-13,22-23,25H,14-15H2,1H3,(H,26,27);(H,6,7). The van der Waals surface area contributed by atoms with Crippen molar-refractivity contribution in [3.8, 4) is 11.5 Å². The van der Waals surface area contributed by atoms with E-state index in [1.54, 1.807) is 0 Å². The minimum Gasteiger partial charge on any atom is -0.481 e. The minimum atomic E-state index is -5.08. The highest BCUT2D eigenvalue weighted by Gasteiger charge is 2.44. The minimum absolute atomic E-state index is 0.169. The normalized spacial score (nSPS) is 16.5. The van der Waals surface area contributed by atoms with Crippen LogP contribution in [0.2, 0.25) is 0 Å². The van der Waals surface area contributed by atoms with Crippen molar-refractivity contribution in [2.24, 2.45) is 5.92 Å². The second-order valence-electron chi connectivity index (χ2n) is 8.13. The number of ether oxygens (including phenoxy) is 1. The zero-order valence-corrected chi connectivity index (χ0v) is 18.8. The maximum atomic E-state index is 11.0. The van der Waals surface area contributed by atoms with Crippen LogP contribution in [-0.4, -0.2) is 28.3 Å². The Kier molecular flexibility index (Phi) is 8.01. The molecule has 0 spiro atoms. The number of rotatable bonds is 7. The van der Waals surface area contributed by atoms with E-state index in [9.17, 15) is 18.0 Å². The lowest BCUT2D eigenvalue weighted by molar-refractivity contribution is -0.192. The summed E-state index contributed by atoms with van der Waals surface area (Å²) in [5.74, 6) is -1.86. The Morgan fingerprint density at radius 1 is 0.971 bits per heavy atom. The van der Waals surface area contributed by atoms with Crippen LogP contribution in [0.4, 0.5) is 18.9 Å².